The summed E-state index contributed by atoms with van der Waals surface area (Å²) in [5.41, 5.74) is 0.723. The highest BCUT2D eigenvalue weighted by atomic mass is 35.5. The van der Waals surface area contributed by atoms with Crippen molar-refractivity contribution < 1.29 is 0 Å². The third kappa shape index (κ3) is 3.12. The van der Waals surface area contributed by atoms with Crippen LogP contribution in [0.4, 0.5) is 5.69 Å². The molecule has 96 valence electrons. The number of nitrogens with one attached hydrogen (secondary N) is 1. The van der Waals surface area contributed by atoms with Crippen molar-refractivity contribution in [3.8, 4) is 0 Å². The van der Waals surface area contributed by atoms with Crippen molar-refractivity contribution in [2.75, 3.05) is 5.32 Å². The van der Waals surface area contributed by atoms with Crippen LogP contribution in [-0.2, 0) is 0 Å². The Morgan fingerprint density at radius 1 is 1.11 bits per heavy atom. The number of hydrogen-bond donors (Lipinski definition) is 1. The lowest BCUT2D eigenvalue weighted by molar-refractivity contribution is 0.908. The minimum atomic E-state index is 0.153. The Kier molecular flexibility index (Phi) is 4.44. The fourth-order valence-electron chi connectivity index (χ4n) is 1.65. The Morgan fingerprint density at radius 3 is 2.22 bits per heavy atom. The number of hydrogen-bond acceptors (Lipinski definition) is 2. The number of aryl methyl sites for hydroxylation is 1. The lowest BCUT2D eigenvalue weighted by Crippen LogP contribution is -2.05. The molecule has 1 atom stereocenters. The molecule has 2 rings (SSSR count). The van der Waals surface area contributed by atoms with Gasteiger partial charge in [0.15, 0.2) is 0 Å². The summed E-state index contributed by atoms with van der Waals surface area (Å²) in [6.45, 7) is 4.16. The Labute approximate surface area is 126 Å². The van der Waals surface area contributed by atoms with E-state index >= 15 is 0 Å². The van der Waals surface area contributed by atoms with Gasteiger partial charge in [0.25, 0.3) is 0 Å². The topological polar surface area (TPSA) is 12.0 Å². The normalized spacial score (nSPS) is 12.5. The molecule has 0 aliphatic rings. The van der Waals surface area contributed by atoms with Crippen LogP contribution in [0.15, 0.2) is 24.3 Å². The molecular formula is C13H12Cl3NS. The summed E-state index contributed by atoms with van der Waals surface area (Å²) in [5, 5.41) is 4.93. The maximum atomic E-state index is 6.14. The number of anilines is 1. The standard InChI is InChI=1S/C13H12Cl3NS/c1-7-3-4-12(18-7)8(2)17-13-10(15)5-9(14)6-11(13)16/h3-6,8,17H,1-2H3. The van der Waals surface area contributed by atoms with E-state index in [0.29, 0.717) is 15.1 Å². The second-order valence-corrected chi connectivity index (χ2v) is 6.63. The summed E-state index contributed by atoms with van der Waals surface area (Å²) in [5.74, 6) is 0. The summed E-state index contributed by atoms with van der Waals surface area (Å²) < 4.78 is 0. The second-order valence-electron chi connectivity index (χ2n) is 4.06. The molecule has 0 aliphatic heterocycles. The monoisotopic (exact) mass is 319 g/mol. The predicted octanol–water partition coefficient (Wildman–Crippen LogP) is 6.19. The Hall–Kier alpha value is -0.410. The van der Waals surface area contributed by atoms with E-state index in [1.54, 1.807) is 23.5 Å². The van der Waals surface area contributed by atoms with Crippen LogP contribution in [0.1, 0.15) is 22.7 Å². The summed E-state index contributed by atoms with van der Waals surface area (Å²) >= 11 is 19.9. The van der Waals surface area contributed by atoms with Crippen molar-refractivity contribution in [3.63, 3.8) is 0 Å². The van der Waals surface area contributed by atoms with Gasteiger partial charge in [-0.2, -0.15) is 0 Å². The minimum absolute atomic E-state index is 0.153. The van der Waals surface area contributed by atoms with E-state index in [9.17, 15) is 0 Å². The van der Waals surface area contributed by atoms with Gasteiger partial charge in [0.05, 0.1) is 21.8 Å². The Balaban J connectivity index is 2.24. The van der Waals surface area contributed by atoms with Crippen LogP contribution in [0.3, 0.4) is 0 Å². The van der Waals surface area contributed by atoms with Crippen molar-refractivity contribution in [2.45, 2.75) is 19.9 Å². The molecule has 2 aromatic rings. The molecule has 0 saturated carbocycles. The summed E-state index contributed by atoms with van der Waals surface area (Å²) in [4.78, 5) is 2.53. The predicted molar refractivity (Wildman–Crippen MR) is 82.6 cm³/mol. The molecule has 0 bridgehead atoms. The molecule has 0 amide bonds. The molecule has 5 heteroatoms. The maximum Gasteiger partial charge on any atom is 0.0724 e. The van der Waals surface area contributed by atoms with Crippen molar-refractivity contribution >= 4 is 51.8 Å². The van der Waals surface area contributed by atoms with Gasteiger partial charge in [0, 0.05) is 14.8 Å². The van der Waals surface area contributed by atoms with Crippen LogP contribution in [0.5, 0.6) is 0 Å². The van der Waals surface area contributed by atoms with Gasteiger partial charge in [-0.3, -0.25) is 0 Å². The van der Waals surface area contributed by atoms with Crippen LogP contribution in [0.2, 0.25) is 15.1 Å². The first kappa shape index (κ1) is 14.0. The number of thiophene rings is 1. The third-order valence-corrected chi connectivity index (χ3v) is 4.55. The van der Waals surface area contributed by atoms with Gasteiger partial charge in [-0.15, -0.1) is 11.3 Å². The van der Waals surface area contributed by atoms with Crippen LogP contribution in [0.25, 0.3) is 0 Å². The molecule has 0 spiro atoms. The van der Waals surface area contributed by atoms with Crippen molar-refractivity contribution in [1.29, 1.82) is 0 Å². The molecule has 0 saturated heterocycles. The van der Waals surface area contributed by atoms with Crippen molar-refractivity contribution in [1.82, 2.24) is 0 Å². The van der Waals surface area contributed by atoms with Gasteiger partial charge in [-0.1, -0.05) is 34.8 Å². The second kappa shape index (κ2) is 5.70. The highest BCUT2D eigenvalue weighted by Crippen LogP contribution is 2.36. The van der Waals surface area contributed by atoms with Crippen LogP contribution in [0, 0.1) is 6.92 Å². The van der Waals surface area contributed by atoms with E-state index in [4.69, 9.17) is 34.8 Å². The zero-order valence-corrected chi connectivity index (χ0v) is 13.0. The average Bonchev–Trinajstić information content (AvgIpc) is 2.70. The first-order chi connectivity index (χ1) is 8.47. The van der Waals surface area contributed by atoms with E-state index in [1.165, 1.54) is 9.75 Å². The van der Waals surface area contributed by atoms with E-state index in [1.807, 2.05) is 0 Å². The van der Waals surface area contributed by atoms with Crippen LogP contribution in [-0.4, -0.2) is 0 Å². The smallest absolute Gasteiger partial charge is 0.0724 e. The minimum Gasteiger partial charge on any atom is -0.375 e. The fourth-order valence-corrected chi connectivity index (χ4v) is 3.46. The molecular weight excluding hydrogens is 309 g/mol. The van der Waals surface area contributed by atoms with E-state index in [0.717, 1.165) is 5.69 Å². The number of halogens is 3. The SMILES string of the molecule is Cc1ccc(C(C)Nc2c(Cl)cc(Cl)cc2Cl)s1. The first-order valence-electron chi connectivity index (χ1n) is 5.45. The highest BCUT2D eigenvalue weighted by Gasteiger charge is 2.13. The summed E-state index contributed by atoms with van der Waals surface area (Å²) in [6.07, 6.45) is 0. The molecule has 1 nitrogen and oxygen atoms in total. The first-order valence-corrected chi connectivity index (χ1v) is 7.40. The zero-order chi connectivity index (χ0) is 13.3. The van der Waals surface area contributed by atoms with Gasteiger partial charge in [-0.05, 0) is 38.1 Å². The lowest BCUT2D eigenvalue weighted by atomic mass is 10.2. The Morgan fingerprint density at radius 2 is 1.72 bits per heavy atom. The molecule has 1 heterocycles. The molecule has 18 heavy (non-hydrogen) atoms. The average molecular weight is 321 g/mol. The van der Waals surface area contributed by atoms with Gasteiger partial charge in [0.1, 0.15) is 0 Å². The third-order valence-electron chi connectivity index (χ3n) is 2.56. The molecule has 1 aromatic carbocycles. The summed E-state index contributed by atoms with van der Waals surface area (Å²) in [6, 6.07) is 7.73. The largest absolute Gasteiger partial charge is 0.375 e. The molecule has 1 unspecified atom stereocenters. The fraction of sp³-hybridized carbons (Fsp3) is 0.231. The molecule has 0 aliphatic carbocycles. The van der Waals surface area contributed by atoms with E-state index in [2.05, 4.69) is 31.3 Å². The molecule has 0 fully saturated rings. The molecule has 1 aromatic heterocycles. The summed E-state index contributed by atoms with van der Waals surface area (Å²) in [7, 11) is 0. The van der Waals surface area contributed by atoms with Gasteiger partial charge >= 0.3 is 0 Å². The van der Waals surface area contributed by atoms with Crippen LogP contribution >= 0.6 is 46.1 Å². The molecule has 1 N–H and O–H groups in total. The van der Waals surface area contributed by atoms with Crippen molar-refractivity contribution in [2.24, 2.45) is 0 Å². The van der Waals surface area contributed by atoms with Gasteiger partial charge in [0.2, 0.25) is 0 Å². The van der Waals surface area contributed by atoms with Gasteiger partial charge < -0.3 is 5.32 Å². The van der Waals surface area contributed by atoms with Gasteiger partial charge in [-0.25, -0.2) is 0 Å². The maximum absolute atomic E-state index is 6.14. The number of benzene rings is 1. The quantitative estimate of drug-likeness (QED) is 0.711. The molecule has 0 radical (unpaired) electrons. The van der Waals surface area contributed by atoms with E-state index in [-0.39, 0.29) is 6.04 Å². The zero-order valence-electron chi connectivity index (χ0n) is 9.93. The Bertz CT molecular complexity index is 542. The van der Waals surface area contributed by atoms with E-state index < -0.39 is 0 Å². The van der Waals surface area contributed by atoms with Crippen LogP contribution < -0.4 is 5.32 Å². The van der Waals surface area contributed by atoms with Crippen molar-refractivity contribution in [3.05, 3.63) is 49.1 Å². The lowest BCUT2D eigenvalue weighted by Gasteiger charge is -2.16. The highest BCUT2D eigenvalue weighted by molar-refractivity contribution is 7.12. The number of rotatable bonds is 3.